The topological polar surface area (TPSA) is 32.3 Å². The zero-order valence-corrected chi connectivity index (χ0v) is 8.96. The van der Waals surface area contributed by atoms with Crippen molar-refractivity contribution in [2.24, 2.45) is 5.92 Å². The van der Waals surface area contributed by atoms with Gasteiger partial charge >= 0.3 is 0 Å². The van der Waals surface area contributed by atoms with E-state index >= 15 is 0 Å². The molecule has 0 aromatic heterocycles. The highest BCUT2D eigenvalue weighted by atomic mass is 16.2. The maximum Gasteiger partial charge on any atom is 0.225 e. The molecule has 1 aliphatic carbocycles. The van der Waals surface area contributed by atoms with Gasteiger partial charge in [-0.25, -0.2) is 0 Å². The lowest BCUT2D eigenvalue weighted by atomic mass is 9.88. The summed E-state index contributed by atoms with van der Waals surface area (Å²) in [5.41, 5.74) is 0. The second-order valence-corrected chi connectivity index (χ2v) is 4.60. The lowest BCUT2D eigenvalue weighted by Crippen LogP contribution is -2.58. The molecule has 3 nitrogen and oxygen atoms in total. The highest BCUT2D eigenvalue weighted by molar-refractivity contribution is 5.79. The second-order valence-electron chi connectivity index (χ2n) is 4.60. The van der Waals surface area contributed by atoms with Crippen molar-refractivity contribution in [3.05, 3.63) is 0 Å². The van der Waals surface area contributed by atoms with E-state index in [0.717, 1.165) is 25.9 Å². The summed E-state index contributed by atoms with van der Waals surface area (Å²) in [5.74, 6) is 0.713. The minimum Gasteiger partial charge on any atom is -0.340 e. The van der Waals surface area contributed by atoms with Gasteiger partial charge in [-0.2, -0.15) is 0 Å². The van der Waals surface area contributed by atoms with Crippen molar-refractivity contribution in [1.29, 1.82) is 0 Å². The SMILES string of the molecule is CN(C(=O)C1CCCCC1)C1CNC1. The van der Waals surface area contributed by atoms with Gasteiger partial charge in [0, 0.05) is 26.1 Å². The van der Waals surface area contributed by atoms with Crippen molar-refractivity contribution in [2.45, 2.75) is 38.1 Å². The van der Waals surface area contributed by atoms with Gasteiger partial charge < -0.3 is 10.2 Å². The fraction of sp³-hybridized carbons (Fsp3) is 0.909. The van der Waals surface area contributed by atoms with Crippen LogP contribution in [0.5, 0.6) is 0 Å². The summed E-state index contributed by atoms with van der Waals surface area (Å²) < 4.78 is 0. The van der Waals surface area contributed by atoms with Crippen molar-refractivity contribution < 1.29 is 4.79 Å². The lowest BCUT2D eigenvalue weighted by molar-refractivity contribution is -0.138. The fourth-order valence-electron chi connectivity index (χ4n) is 2.36. The highest BCUT2D eigenvalue weighted by Gasteiger charge is 2.30. The van der Waals surface area contributed by atoms with E-state index in [9.17, 15) is 4.79 Å². The van der Waals surface area contributed by atoms with Crippen LogP contribution >= 0.6 is 0 Å². The summed E-state index contributed by atoms with van der Waals surface area (Å²) in [5, 5.41) is 3.21. The molecule has 0 aromatic carbocycles. The van der Waals surface area contributed by atoms with Gasteiger partial charge in [0.15, 0.2) is 0 Å². The van der Waals surface area contributed by atoms with E-state index in [1.54, 1.807) is 0 Å². The first-order valence-electron chi connectivity index (χ1n) is 5.76. The van der Waals surface area contributed by atoms with Gasteiger partial charge in [0.2, 0.25) is 5.91 Å². The number of amides is 1. The number of likely N-dealkylation sites (N-methyl/N-ethyl adjacent to an activating group) is 1. The molecular formula is C11H20N2O. The van der Waals surface area contributed by atoms with E-state index in [1.165, 1.54) is 19.3 Å². The molecule has 1 aliphatic heterocycles. The van der Waals surface area contributed by atoms with Crippen LogP contribution in [0, 0.1) is 5.92 Å². The minimum absolute atomic E-state index is 0.328. The van der Waals surface area contributed by atoms with Crippen LogP contribution in [0.4, 0.5) is 0 Å². The predicted molar refractivity (Wildman–Crippen MR) is 56.0 cm³/mol. The zero-order valence-electron chi connectivity index (χ0n) is 8.96. The van der Waals surface area contributed by atoms with Crippen LogP contribution in [0.1, 0.15) is 32.1 Å². The monoisotopic (exact) mass is 196 g/mol. The maximum absolute atomic E-state index is 12.0. The number of carbonyl (C=O) groups is 1. The van der Waals surface area contributed by atoms with Crippen LogP contribution in [0.25, 0.3) is 0 Å². The summed E-state index contributed by atoms with van der Waals surface area (Å²) in [6.45, 7) is 1.96. The summed E-state index contributed by atoms with van der Waals surface area (Å²) in [4.78, 5) is 14.0. The first kappa shape index (κ1) is 9.97. The van der Waals surface area contributed by atoms with Crippen molar-refractivity contribution >= 4 is 5.91 Å². The minimum atomic E-state index is 0.328. The molecule has 0 bridgehead atoms. The Balaban J connectivity index is 1.85. The molecule has 14 heavy (non-hydrogen) atoms. The second kappa shape index (κ2) is 4.30. The largest absolute Gasteiger partial charge is 0.340 e. The number of hydrogen-bond acceptors (Lipinski definition) is 2. The quantitative estimate of drug-likeness (QED) is 0.714. The average Bonchev–Trinajstić information content (AvgIpc) is 2.15. The molecule has 1 heterocycles. The van der Waals surface area contributed by atoms with Crippen LogP contribution in [-0.2, 0) is 4.79 Å². The molecule has 2 fully saturated rings. The van der Waals surface area contributed by atoms with Crippen molar-refractivity contribution in [2.75, 3.05) is 20.1 Å². The van der Waals surface area contributed by atoms with E-state index in [4.69, 9.17) is 0 Å². The van der Waals surface area contributed by atoms with Gasteiger partial charge in [-0.1, -0.05) is 19.3 Å². The maximum atomic E-state index is 12.0. The Morgan fingerprint density at radius 2 is 1.86 bits per heavy atom. The molecule has 0 radical (unpaired) electrons. The van der Waals surface area contributed by atoms with Crippen LogP contribution < -0.4 is 5.32 Å². The van der Waals surface area contributed by atoms with Crippen LogP contribution in [-0.4, -0.2) is 37.0 Å². The zero-order chi connectivity index (χ0) is 9.97. The van der Waals surface area contributed by atoms with Crippen molar-refractivity contribution in [3.63, 3.8) is 0 Å². The smallest absolute Gasteiger partial charge is 0.225 e. The summed E-state index contributed by atoms with van der Waals surface area (Å²) >= 11 is 0. The van der Waals surface area contributed by atoms with E-state index in [-0.39, 0.29) is 0 Å². The Kier molecular flexibility index (Phi) is 3.06. The molecule has 2 rings (SSSR count). The molecule has 1 N–H and O–H groups in total. The molecule has 80 valence electrons. The molecule has 0 spiro atoms. The van der Waals surface area contributed by atoms with Gasteiger partial charge in [-0.05, 0) is 12.8 Å². The molecule has 3 heteroatoms. The van der Waals surface area contributed by atoms with Gasteiger partial charge in [0.05, 0.1) is 6.04 Å². The highest BCUT2D eigenvalue weighted by Crippen LogP contribution is 2.25. The van der Waals surface area contributed by atoms with Crippen LogP contribution in [0.2, 0.25) is 0 Å². The molecule has 0 atom stereocenters. The Morgan fingerprint density at radius 1 is 1.21 bits per heavy atom. The van der Waals surface area contributed by atoms with Gasteiger partial charge in [-0.15, -0.1) is 0 Å². The molecule has 2 aliphatic rings. The van der Waals surface area contributed by atoms with E-state index in [0.29, 0.717) is 17.9 Å². The van der Waals surface area contributed by atoms with Crippen molar-refractivity contribution in [1.82, 2.24) is 10.2 Å². The Labute approximate surface area is 85.8 Å². The normalized spacial score (nSPS) is 24.4. The number of nitrogens with one attached hydrogen (secondary N) is 1. The summed E-state index contributed by atoms with van der Waals surface area (Å²) in [7, 11) is 1.96. The lowest BCUT2D eigenvalue weighted by Gasteiger charge is -2.38. The number of rotatable bonds is 2. The number of hydrogen-bond donors (Lipinski definition) is 1. The van der Waals surface area contributed by atoms with E-state index in [1.807, 2.05) is 11.9 Å². The fourth-order valence-corrected chi connectivity index (χ4v) is 2.36. The first-order valence-corrected chi connectivity index (χ1v) is 5.76. The molecule has 0 unspecified atom stereocenters. The third-order valence-corrected chi connectivity index (χ3v) is 3.61. The average molecular weight is 196 g/mol. The Bertz CT molecular complexity index is 203. The third-order valence-electron chi connectivity index (χ3n) is 3.61. The molecule has 0 aromatic rings. The van der Waals surface area contributed by atoms with E-state index < -0.39 is 0 Å². The molecular weight excluding hydrogens is 176 g/mol. The van der Waals surface area contributed by atoms with Crippen LogP contribution in [0.3, 0.4) is 0 Å². The van der Waals surface area contributed by atoms with Gasteiger partial charge in [-0.3, -0.25) is 4.79 Å². The molecule has 1 saturated carbocycles. The van der Waals surface area contributed by atoms with Gasteiger partial charge in [0.1, 0.15) is 0 Å². The predicted octanol–water partition coefficient (Wildman–Crippen LogP) is 0.997. The molecule has 1 saturated heterocycles. The Hall–Kier alpha value is -0.570. The van der Waals surface area contributed by atoms with Crippen LogP contribution in [0.15, 0.2) is 0 Å². The first-order chi connectivity index (χ1) is 6.79. The summed E-state index contributed by atoms with van der Waals surface area (Å²) in [6.07, 6.45) is 6.03. The molecule has 1 amide bonds. The van der Waals surface area contributed by atoms with Gasteiger partial charge in [0.25, 0.3) is 0 Å². The third kappa shape index (κ3) is 1.92. The number of nitrogens with zero attached hydrogens (tertiary/aromatic N) is 1. The number of carbonyl (C=O) groups excluding carboxylic acids is 1. The Morgan fingerprint density at radius 3 is 2.36 bits per heavy atom. The van der Waals surface area contributed by atoms with Crippen molar-refractivity contribution in [3.8, 4) is 0 Å². The summed E-state index contributed by atoms with van der Waals surface area (Å²) in [6, 6.07) is 0.462. The standard InChI is InChI=1S/C11H20N2O/c1-13(10-7-12-8-10)11(14)9-5-3-2-4-6-9/h9-10,12H,2-8H2,1H3. The van der Waals surface area contributed by atoms with E-state index in [2.05, 4.69) is 5.32 Å².